The van der Waals surface area contributed by atoms with Gasteiger partial charge in [-0.25, -0.2) is 9.69 Å². The zero-order chi connectivity index (χ0) is 33.9. The molecule has 1 aromatic carbocycles. The number of rotatable bonds is 9. The zero-order valence-electron chi connectivity index (χ0n) is 28.8. The Balaban J connectivity index is 1.22. The van der Waals surface area contributed by atoms with E-state index in [0.29, 0.717) is 19.4 Å². The number of imide groups is 1. The summed E-state index contributed by atoms with van der Waals surface area (Å²) < 4.78 is 31.6. The van der Waals surface area contributed by atoms with Crippen molar-refractivity contribution < 1.29 is 42.9 Å². The van der Waals surface area contributed by atoms with E-state index in [9.17, 15) is 14.4 Å². The number of methoxy groups -OCH3 is 4. The van der Waals surface area contributed by atoms with Gasteiger partial charge < -0.3 is 23.7 Å². The summed E-state index contributed by atoms with van der Waals surface area (Å²) in [7, 11) is 6.97. The maximum Gasteiger partial charge on any atom is 0.340 e. The molecule has 11 heteroatoms. The molecule has 0 radical (unpaired) electrons. The third-order valence-electron chi connectivity index (χ3n) is 14.3. The van der Waals surface area contributed by atoms with Gasteiger partial charge in [-0.2, -0.15) is 0 Å². The van der Waals surface area contributed by atoms with E-state index in [-0.39, 0.29) is 89.9 Å². The molecule has 2 aliphatic heterocycles. The van der Waals surface area contributed by atoms with Crippen LogP contribution in [-0.4, -0.2) is 107 Å². The van der Waals surface area contributed by atoms with E-state index in [0.717, 1.165) is 24.3 Å². The predicted octanol–water partition coefficient (Wildman–Crippen LogP) is 3.13. The SMILES string of the molecule is CCN1C[C@]2(COC(=O)c3ccccc3N3C(=O)C[C@H](C)C3=O)CC[C@H](OC)[C@@]34[C@@H]5C[C@H]6[C@H](OC)[C@@H]5[C@@](C[C@@H]6OC)(C(=O)[C@@H](OC)[C@H]23)[C@@H]14. The van der Waals surface area contributed by atoms with Crippen LogP contribution in [0.15, 0.2) is 24.3 Å². The number of fused-ring (bicyclic) bond motifs is 1. The first kappa shape index (κ1) is 32.5. The summed E-state index contributed by atoms with van der Waals surface area (Å²) in [4.78, 5) is 58.7. The van der Waals surface area contributed by atoms with Crippen molar-refractivity contribution in [2.45, 2.75) is 76.4 Å². The summed E-state index contributed by atoms with van der Waals surface area (Å²) in [5.74, 6) is -1.44. The van der Waals surface area contributed by atoms with Crippen LogP contribution in [0.5, 0.6) is 0 Å². The smallest absolute Gasteiger partial charge is 0.340 e. The highest BCUT2D eigenvalue weighted by Gasteiger charge is 2.89. The fourth-order valence-electron chi connectivity index (χ4n) is 13.1. The summed E-state index contributed by atoms with van der Waals surface area (Å²) in [5, 5.41) is 0. The number of nitrogens with zero attached hydrogens (tertiary/aromatic N) is 2. The Labute approximate surface area is 281 Å². The lowest BCUT2D eigenvalue weighted by molar-refractivity contribution is -0.283. The summed E-state index contributed by atoms with van der Waals surface area (Å²) in [6.45, 7) is 5.34. The number of carbonyl (C=O) groups is 4. The normalized spacial score (nSPS) is 45.6. The van der Waals surface area contributed by atoms with Crippen LogP contribution >= 0.6 is 0 Å². The van der Waals surface area contributed by atoms with Gasteiger partial charge in [-0.05, 0) is 50.3 Å². The molecular weight excluding hydrogens is 616 g/mol. The fourth-order valence-corrected chi connectivity index (χ4v) is 13.1. The number of benzene rings is 1. The molecule has 8 rings (SSSR count). The standard InChI is InChI=1S/C37H48N2O9/c1-7-38-17-35(18-48-33(43)20-10-8-9-11-23(20)39-26(40)14-19(2)32(39)42)13-12-25(45-4)37-22-15-21-24(44-3)16-36(34(37)38,27(22)28(21)46-5)31(41)29(47-6)30(35)37/h8-11,19,21-22,24-25,27-30,34H,7,12-18H2,1-6H3/t19-,21+,22+,24-,25-,27+,28-,29-,30+,34+,35-,36-,37-/m0/s1. The van der Waals surface area contributed by atoms with Crippen LogP contribution in [-0.2, 0) is 38.1 Å². The molecule has 260 valence electrons. The van der Waals surface area contributed by atoms with Gasteiger partial charge in [0.15, 0.2) is 5.78 Å². The second kappa shape index (κ2) is 11.2. The van der Waals surface area contributed by atoms with Crippen LogP contribution in [0.1, 0.15) is 56.3 Å². The van der Waals surface area contributed by atoms with Gasteiger partial charge in [-0.1, -0.05) is 26.0 Å². The van der Waals surface area contributed by atoms with Crippen molar-refractivity contribution in [1.82, 2.24) is 4.90 Å². The van der Waals surface area contributed by atoms with E-state index in [4.69, 9.17) is 23.7 Å². The highest BCUT2D eigenvalue weighted by Crippen LogP contribution is 2.82. The molecule has 13 atom stereocenters. The average molecular weight is 665 g/mol. The Hall–Kier alpha value is -2.70. The number of esters is 1. The van der Waals surface area contributed by atoms with Crippen molar-refractivity contribution in [2.75, 3.05) is 53.0 Å². The number of Topliss-reactive ketones (excluding diaryl/α,β-unsaturated/α-hetero) is 1. The van der Waals surface area contributed by atoms with Crippen LogP contribution < -0.4 is 4.90 Å². The van der Waals surface area contributed by atoms with E-state index in [1.54, 1.807) is 59.6 Å². The first-order chi connectivity index (χ1) is 23.1. The fraction of sp³-hybridized carbons (Fsp3) is 0.730. The highest BCUT2D eigenvalue weighted by molar-refractivity contribution is 6.22. The van der Waals surface area contributed by atoms with E-state index >= 15 is 4.79 Å². The Bertz CT molecular complexity index is 1550. The number of ketones is 1. The average Bonchev–Trinajstić information content (AvgIpc) is 3.62. The summed E-state index contributed by atoms with van der Waals surface area (Å²) in [5.41, 5.74) is -1.28. The Morgan fingerprint density at radius 2 is 1.79 bits per heavy atom. The molecule has 7 bridgehead atoms. The van der Waals surface area contributed by atoms with Crippen LogP contribution in [0.3, 0.4) is 0 Å². The van der Waals surface area contributed by atoms with Crippen molar-refractivity contribution in [3.8, 4) is 0 Å². The summed E-state index contributed by atoms with van der Waals surface area (Å²) in [6, 6.07) is 6.58. The predicted molar refractivity (Wildman–Crippen MR) is 172 cm³/mol. The molecule has 2 spiro atoms. The number of piperidine rings is 1. The molecule has 5 saturated carbocycles. The number of likely N-dealkylation sites (tertiary alicyclic amines) is 1. The van der Waals surface area contributed by atoms with Gasteiger partial charge in [0.1, 0.15) is 6.10 Å². The third kappa shape index (κ3) is 3.72. The largest absolute Gasteiger partial charge is 0.461 e. The number of hydrogen-bond donors (Lipinski definition) is 0. The van der Waals surface area contributed by atoms with Crippen molar-refractivity contribution in [3.05, 3.63) is 29.8 Å². The maximum atomic E-state index is 15.3. The number of ether oxygens (including phenoxy) is 5. The topological polar surface area (TPSA) is 121 Å². The van der Waals surface area contributed by atoms with E-state index in [1.165, 1.54) is 0 Å². The molecule has 0 N–H and O–H groups in total. The second-order valence-electron chi connectivity index (χ2n) is 15.6. The maximum absolute atomic E-state index is 15.3. The molecule has 0 unspecified atom stereocenters. The molecular formula is C37H48N2O9. The van der Waals surface area contributed by atoms with Crippen LogP contribution in [0, 0.1) is 45.8 Å². The molecule has 11 nitrogen and oxygen atoms in total. The van der Waals surface area contributed by atoms with Gasteiger partial charge in [0.2, 0.25) is 11.8 Å². The Morgan fingerprint density at radius 1 is 1.02 bits per heavy atom. The molecule has 2 saturated heterocycles. The Morgan fingerprint density at radius 3 is 2.44 bits per heavy atom. The minimum atomic E-state index is -0.700. The minimum Gasteiger partial charge on any atom is -0.461 e. The van der Waals surface area contributed by atoms with Gasteiger partial charge in [-0.3, -0.25) is 19.3 Å². The van der Waals surface area contributed by atoms with Gasteiger partial charge in [-0.15, -0.1) is 0 Å². The number of para-hydroxylation sites is 1. The van der Waals surface area contributed by atoms with Crippen molar-refractivity contribution in [3.63, 3.8) is 0 Å². The van der Waals surface area contributed by atoms with Gasteiger partial charge >= 0.3 is 5.97 Å². The number of carbonyl (C=O) groups excluding carboxylic acids is 4. The van der Waals surface area contributed by atoms with Crippen LogP contribution in [0.25, 0.3) is 0 Å². The first-order valence-corrected chi connectivity index (χ1v) is 17.6. The molecule has 7 aliphatic rings. The van der Waals surface area contributed by atoms with Crippen molar-refractivity contribution in [2.24, 2.45) is 45.8 Å². The minimum absolute atomic E-state index is 0.0204. The van der Waals surface area contributed by atoms with Crippen LogP contribution in [0.4, 0.5) is 5.69 Å². The first-order valence-electron chi connectivity index (χ1n) is 17.6. The summed E-state index contributed by atoms with van der Waals surface area (Å²) in [6.07, 6.45) is 2.14. The molecule has 5 aliphatic carbocycles. The number of hydrogen-bond acceptors (Lipinski definition) is 10. The molecule has 2 heterocycles. The monoisotopic (exact) mass is 664 g/mol. The molecule has 2 amide bonds. The van der Waals surface area contributed by atoms with Gasteiger partial charge in [0, 0.05) is 81.9 Å². The molecule has 1 aromatic rings. The lowest BCUT2D eigenvalue weighted by Crippen LogP contribution is -2.81. The van der Waals surface area contributed by atoms with E-state index in [1.807, 2.05) is 0 Å². The van der Waals surface area contributed by atoms with Gasteiger partial charge in [0.25, 0.3) is 0 Å². The quantitative estimate of drug-likeness (QED) is 0.288. The highest BCUT2D eigenvalue weighted by atomic mass is 16.5. The zero-order valence-corrected chi connectivity index (χ0v) is 28.8. The van der Waals surface area contributed by atoms with E-state index < -0.39 is 34.2 Å². The van der Waals surface area contributed by atoms with Crippen LogP contribution in [0.2, 0.25) is 0 Å². The number of anilines is 1. The Kier molecular flexibility index (Phi) is 7.55. The van der Waals surface area contributed by atoms with Gasteiger partial charge in [0.05, 0.1) is 41.6 Å². The molecule has 0 aromatic heterocycles. The number of amides is 2. The third-order valence-corrected chi connectivity index (χ3v) is 14.3. The summed E-state index contributed by atoms with van der Waals surface area (Å²) >= 11 is 0. The lowest BCUT2D eigenvalue weighted by Gasteiger charge is -2.72. The second-order valence-corrected chi connectivity index (χ2v) is 15.6. The van der Waals surface area contributed by atoms with Crippen molar-refractivity contribution >= 4 is 29.3 Å². The van der Waals surface area contributed by atoms with E-state index in [2.05, 4.69) is 11.8 Å². The van der Waals surface area contributed by atoms with Crippen molar-refractivity contribution in [1.29, 1.82) is 0 Å². The molecule has 7 fully saturated rings. The molecule has 48 heavy (non-hydrogen) atoms. The lowest BCUT2D eigenvalue weighted by atomic mass is 9.39.